The molecule has 4 nitrogen and oxygen atoms in total. The van der Waals surface area contributed by atoms with Crippen LogP contribution in [0.15, 0.2) is 0 Å². The first-order valence-corrected chi connectivity index (χ1v) is 5.06. The van der Waals surface area contributed by atoms with E-state index in [1.807, 2.05) is 33.0 Å². The summed E-state index contributed by atoms with van der Waals surface area (Å²) in [4.78, 5) is 14.8. The average molecular weight is 202 g/mol. The third kappa shape index (κ3) is 5.19. The van der Waals surface area contributed by atoms with Crippen LogP contribution in [-0.4, -0.2) is 61.2 Å². The fourth-order valence-electron chi connectivity index (χ4n) is 1.47. The Morgan fingerprint density at radius 3 is 2.21 bits per heavy atom. The lowest BCUT2D eigenvalue weighted by atomic mass is 10.2. The normalized spacial score (nSPS) is 13.6. The van der Waals surface area contributed by atoms with Crippen molar-refractivity contribution in [3.05, 3.63) is 0 Å². The highest BCUT2D eigenvalue weighted by atomic mass is 16.4. The molecule has 0 aliphatic carbocycles. The third-order valence-electron chi connectivity index (χ3n) is 2.32. The van der Waals surface area contributed by atoms with Crippen LogP contribution >= 0.6 is 0 Å². The second kappa shape index (κ2) is 6.79. The summed E-state index contributed by atoms with van der Waals surface area (Å²) in [6, 6.07) is -0.336. The molecule has 0 saturated carbocycles. The van der Waals surface area contributed by atoms with Crippen molar-refractivity contribution in [1.82, 2.24) is 9.80 Å². The Labute approximate surface area is 86.5 Å². The van der Waals surface area contributed by atoms with Crippen molar-refractivity contribution >= 4 is 5.97 Å². The molecule has 0 radical (unpaired) electrons. The van der Waals surface area contributed by atoms with Crippen LogP contribution in [0.5, 0.6) is 0 Å². The number of rotatable bonds is 7. The lowest BCUT2D eigenvalue weighted by Crippen LogP contribution is -2.39. The third-order valence-corrected chi connectivity index (χ3v) is 2.32. The van der Waals surface area contributed by atoms with Crippen LogP contribution in [0, 0.1) is 0 Å². The van der Waals surface area contributed by atoms with Crippen molar-refractivity contribution in [2.45, 2.75) is 25.8 Å². The molecule has 0 aromatic carbocycles. The molecule has 0 fully saturated rings. The Hall–Kier alpha value is -0.610. The second-order valence-corrected chi connectivity index (χ2v) is 3.90. The van der Waals surface area contributed by atoms with Crippen molar-refractivity contribution in [1.29, 1.82) is 0 Å². The van der Waals surface area contributed by atoms with Crippen LogP contribution in [0.2, 0.25) is 0 Å². The largest absolute Gasteiger partial charge is 0.480 e. The molecule has 0 bridgehead atoms. The fraction of sp³-hybridized carbons (Fsp3) is 0.900. The first-order chi connectivity index (χ1) is 6.49. The lowest BCUT2D eigenvalue weighted by molar-refractivity contribution is -0.142. The van der Waals surface area contributed by atoms with Gasteiger partial charge in [0.1, 0.15) is 6.04 Å². The molecule has 4 heteroatoms. The highest BCUT2D eigenvalue weighted by molar-refractivity contribution is 5.73. The Bertz CT molecular complexity index is 172. The van der Waals surface area contributed by atoms with E-state index >= 15 is 0 Å². The number of aliphatic carboxylic acids is 1. The molecule has 14 heavy (non-hydrogen) atoms. The highest BCUT2D eigenvalue weighted by Crippen LogP contribution is 2.02. The molecule has 1 atom stereocenters. The van der Waals surface area contributed by atoms with Gasteiger partial charge in [-0.2, -0.15) is 0 Å². The van der Waals surface area contributed by atoms with E-state index in [4.69, 9.17) is 5.11 Å². The van der Waals surface area contributed by atoms with Crippen LogP contribution < -0.4 is 0 Å². The minimum atomic E-state index is -0.722. The molecule has 84 valence electrons. The molecule has 1 unspecified atom stereocenters. The maximum atomic E-state index is 10.8. The molecule has 0 rings (SSSR count). The summed E-state index contributed by atoms with van der Waals surface area (Å²) in [5.74, 6) is -0.722. The molecule has 1 N–H and O–H groups in total. The molecule has 0 aliphatic rings. The zero-order valence-electron chi connectivity index (χ0n) is 9.66. The number of nitrogens with zero attached hydrogens (tertiary/aromatic N) is 2. The van der Waals surface area contributed by atoms with Gasteiger partial charge in [-0.3, -0.25) is 9.69 Å². The van der Waals surface area contributed by atoms with Gasteiger partial charge in [-0.25, -0.2) is 0 Å². The van der Waals surface area contributed by atoms with Crippen LogP contribution in [0.1, 0.15) is 19.8 Å². The van der Waals surface area contributed by atoms with Gasteiger partial charge in [0.2, 0.25) is 0 Å². The summed E-state index contributed by atoms with van der Waals surface area (Å²) >= 11 is 0. The average Bonchev–Trinajstić information content (AvgIpc) is 2.03. The minimum Gasteiger partial charge on any atom is -0.480 e. The van der Waals surface area contributed by atoms with Crippen molar-refractivity contribution in [2.75, 3.05) is 34.2 Å². The van der Waals surface area contributed by atoms with Crippen LogP contribution in [0.25, 0.3) is 0 Å². The number of carboxylic acids is 1. The van der Waals surface area contributed by atoms with Gasteiger partial charge in [-0.05, 0) is 47.1 Å². The summed E-state index contributed by atoms with van der Waals surface area (Å²) in [6.45, 7) is 3.74. The van der Waals surface area contributed by atoms with Gasteiger partial charge in [-0.1, -0.05) is 6.92 Å². The minimum absolute atomic E-state index is 0.336. The standard InChI is InChI=1S/C10H22N2O2/c1-5-9(10(13)14)12(4)8-6-7-11(2)3/h9H,5-8H2,1-4H3,(H,13,14). The zero-order chi connectivity index (χ0) is 11.1. The molecule has 0 spiro atoms. The van der Waals surface area contributed by atoms with E-state index < -0.39 is 5.97 Å². The Kier molecular flexibility index (Phi) is 6.49. The first-order valence-electron chi connectivity index (χ1n) is 5.06. The lowest BCUT2D eigenvalue weighted by Gasteiger charge is -2.23. The number of hydrogen-bond donors (Lipinski definition) is 1. The Balaban J connectivity index is 3.81. The van der Waals surface area contributed by atoms with Crippen molar-refractivity contribution in [2.24, 2.45) is 0 Å². The highest BCUT2D eigenvalue weighted by Gasteiger charge is 2.19. The van der Waals surface area contributed by atoms with E-state index in [0.717, 1.165) is 19.5 Å². The number of likely N-dealkylation sites (N-methyl/N-ethyl adjacent to an activating group) is 1. The molecule has 0 aromatic heterocycles. The monoisotopic (exact) mass is 202 g/mol. The van der Waals surface area contributed by atoms with Gasteiger partial charge >= 0.3 is 5.97 Å². The maximum absolute atomic E-state index is 10.8. The van der Waals surface area contributed by atoms with E-state index in [-0.39, 0.29) is 6.04 Å². The van der Waals surface area contributed by atoms with E-state index in [1.165, 1.54) is 0 Å². The maximum Gasteiger partial charge on any atom is 0.320 e. The molecule has 0 saturated heterocycles. The summed E-state index contributed by atoms with van der Waals surface area (Å²) in [7, 11) is 5.92. The van der Waals surface area contributed by atoms with E-state index in [1.54, 1.807) is 0 Å². The SMILES string of the molecule is CCC(C(=O)O)N(C)CCCN(C)C. The predicted octanol–water partition coefficient (Wildman–Crippen LogP) is 0.733. The van der Waals surface area contributed by atoms with Crippen molar-refractivity contribution < 1.29 is 9.90 Å². The van der Waals surface area contributed by atoms with Gasteiger partial charge in [0.25, 0.3) is 0 Å². The molecule has 0 aromatic rings. The molecule has 0 amide bonds. The van der Waals surface area contributed by atoms with Crippen LogP contribution in [0.3, 0.4) is 0 Å². The molecular formula is C10H22N2O2. The molecular weight excluding hydrogens is 180 g/mol. The second-order valence-electron chi connectivity index (χ2n) is 3.90. The summed E-state index contributed by atoms with van der Waals surface area (Å²) < 4.78 is 0. The zero-order valence-corrected chi connectivity index (χ0v) is 9.66. The van der Waals surface area contributed by atoms with E-state index in [2.05, 4.69) is 4.90 Å². The van der Waals surface area contributed by atoms with Gasteiger partial charge in [0, 0.05) is 0 Å². The van der Waals surface area contributed by atoms with Crippen molar-refractivity contribution in [3.63, 3.8) is 0 Å². The van der Waals surface area contributed by atoms with Gasteiger partial charge in [-0.15, -0.1) is 0 Å². The smallest absolute Gasteiger partial charge is 0.320 e. The summed E-state index contributed by atoms with van der Waals surface area (Å²) in [5, 5.41) is 8.90. The Morgan fingerprint density at radius 2 is 1.86 bits per heavy atom. The first kappa shape index (κ1) is 13.4. The van der Waals surface area contributed by atoms with Gasteiger partial charge < -0.3 is 10.0 Å². The number of carboxylic acid groups (broad SMARTS) is 1. The topological polar surface area (TPSA) is 43.8 Å². The van der Waals surface area contributed by atoms with Crippen LogP contribution in [-0.2, 0) is 4.79 Å². The predicted molar refractivity (Wildman–Crippen MR) is 57.5 cm³/mol. The van der Waals surface area contributed by atoms with E-state index in [0.29, 0.717) is 6.42 Å². The Morgan fingerprint density at radius 1 is 1.29 bits per heavy atom. The van der Waals surface area contributed by atoms with E-state index in [9.17, 15) is 4.79 Å². The molecule has 0 aliphatic heterocycles. The number of carbonyl (C=O) groups is 1. The fourth-order valence-corrected chi connectivity index (χ4v) is 1.47. The summed E-state index contributed by atoms with van der Waals surface area (Å²) in [5.41, 5.74) is 0. The molecule has 0 heterocycles. The summed E-state index contributed by atoms with van der Waals surface area (Å²) in [6.07, 6.45) is 1.67. The van der Waals surface area contributed by atoms with Crippen LogP contribution in [0.4, 0.5) is 0 Å². The van der Waals surface area contributed by atoms with Crippen molar-refractivity contribution in [3.8, 4) is 0 Å². The quantitative estimate of drug-likeness (QED) is 0.661. The number of hydrogen-bond acceptors (Lipinski definition) is 3. The van der Waals surface area contributed by atoms with Gasteiger partial charge in [0.05, 0.1) is 0 Å². The van der Waals surface area contributed by atoms with Gasteiger partial charge in [0.15, 0.2) is 0 Å².